The Morgan fingerprint density at radius 3 is 2.71 bits per heavy atom. The van der Waals surface area contributed by atoms with Crippen molar-refractivity contribution in [3.05, 3.63) is 28.2 Å². The van der Waals surface area contributed by atoms with Crippen molar-refractivity contribution >= 4 is 44.8 Å². The van der Waals surface area contributed by atoms with Gasteiger partial charge in [0.1, 0.15) is 11.5 Å². The van der Waals surface area contributed by atoms with E-state index >= 15 is 0 Å². The molecule has 0 saturated heterocycles. The summed E-state index contributed by atoms with van der Waals surface area (Å²) in [4.78, 5) is 13.9. The number of methoxy groups -OCH3 is 1. The maximum absolute atomic E-state index is 11.7. The Morgan fingerprint density at radius 2 is 2.19 bits per heavy atom. The average molecular weight is 375 g/mol. The van der Waals surface area contributed by atoms with E-state index in [-0.39, 0.29) is 12.5 Å². The molecule has 0 fully saturated rings. The van der Waals surface area contributed by atoms with Crippen LogP contribution >= 0.6 is 28.1 Å². The van der Waals surface area contributed by atoms with Crippen LogP contribution in [0.1, 0.15) is 12.5 Å². The third-order valence-corrected chi connectivity index (χ3v) is 3.65. The number of esters is 1. The SMILES string of the molecule is CCOC(=O)CN(CCOC)c1ccc(C(N)=S)c(Br)c1. The lowest BCUT2D eigenvalue weighted by Gasteiger charge is -2.24. The summed E-state index contributed by atoms with van der Waals surface area (Å²) in [6.07, 6.45) is 0. The summed E-state index contributed by atoms with van der Waals surface area (Å²) < 4.78 is 10.9. The molecule has 0 heterocycles. The zero-order chi connectivity index (χ0) is 15.8. The quantitative estimate of drug-likeness (QED) is 0.555. The molecule has 1 aromatic rings. The Morgan fingerprint density at radius 1 is 1.48 bits per heavy atom. The van der Waals surface area contributed by atoms with Crippen LogP contribution in [-0.2, 0) is 14.3 Å². The van der Waals surface area contributed by atoms with Crippen LogP contribution in [0.5, 0.6) is 0 Å². The van der Waals surface area contributed by atoms with Crippen LogP contribution in [0.4, 0.5) is 5.69 Å². The molecule has 0 saturated carbocycles. The van der Waals surface area contributed by atoms with Gasteiger partial charge in [0, 0.05) is 29.4 Å². The minimum atomic E-state index is -0.275. The molecule has 0 radical (unpaired) electrons. The second-order valence-corrected chi connectivity index (χ2v) is 5.54. The van der Waals surface area contributed by atoms with Gasteiger partial charge in [-0.15, -0.1) is 0 Å². The van der Waals surface area contributed by atoms with E-state index in [4.69, 9.17) is 27.4 Å². The summed E-state index contributed by atoms with van der Waals surface area (Å²) in [6, 6.07) is 5.57. The molecule has 0 amide bonds. The predicted octanol–water partition coefficient (Wildman–Crippen LogP) is 2.10. The van der Waals surface area contributed by atoms with Gasteiger partial charge < -0.3 is 20.1 Å². The number of hydrogen-bond acceptors (Lipinski definition) is 5. The van der Waals surface area contributed by atoms with E-state index in [1.54, 1.807) is 14.0 Å². The smallest absolute Gasteiger partial charge is 0.325 e. The fraction of sp³-hybridized carbons (Fsp3) is 0.429. The molecular formula is C14H19BrN2O3S. The number of benzene rings is 1. The van der Waals surface area contributed by atoms with E-state index in [2.05, 4.69) is 15.9 Å². The normalized spacial score (nSPS) is 10.2. The molecule has 2 N–H and O–H groups in total. The summed E-state index contributed by atoms with van der Waals surface area (Å²) >= 11 is 8.41. The van der Waals surface area contributed by atoms with Gasteiger partial charge in [0.15, 0.2) is 0 Å². The molecule has 0 unspecified atom stereocenters. The minimum absolute atomic E-state index is 0.163. The Balaban J connectivity index is 2.94. The molecular weight excluding hydrogens is 356 g/mol. The molecule has 0 spiro atoms. The highest BCUT2D eigenvalue weighted by atomic mass is 79.9. The first kappa shape index (κ1) is 17.9. The van der Waals surface area contributed by atoms with E-state index in [9.17, 15) is 4.79 Å². The first-order valence-corrected chi connectivity index (χ1v) is 7.68. The molecule has 0 aliphatic heterocycles. The molecule has 1 rings (SSSR count). The maximum atomic E-state index is 11.7. The van der Waals surface area contributed by atoms with Crippen molar-refractivity contribution in [2.75, 3.05) is 38.3 Å². The predicted molar refractivity (Wildman–Crippen MR) is 90.8 cm³/mol. The zero-order valence-electron chi connectivity index (χ0n) is 12.1. The number of carbonyl (C=O) groups excluding carboxylic acids is 1. The van der Waals surface area contributed by atoms with Gasteiger partial charge in [-0.2, -0.15) is 0 Å². The molecule has 21 heavy (non-hydrogen) atoms. The van der Waals surface area contributed by atoms with Gasteiger partial charge in [-0.1, -0.05) is 12.2 Å². The number of nitrogens with two attached hydrogens (primary N) is 1. The van der Waals surface area contributed by atoms with Crippen molar-refractivity contribution in [3.8, 4) is 0 Å². The van der Waals surface area contributed by atoms with Gasteiger partial charge in [-0.3, -0.25) is 4.79 Å². The lowest BCUT2D eigenvalue weighted by Crippen LogP contribution is -2.33. The lowest BCUT2D eigenvalue weighted by molar-refractivity contribution is -0.141. The highest BCUT2D eigenvalue weighted by molar-refractivity contribution is 9.10. The van der Waals surface area contributed by atoms with E-state index in [1.165, 1.54) is 0 Å². The van der Waals surface area contributed by atoms with Crippen molar-refractivity contribution in [3.63, 3.8) is 0 Å². The van der Waals surface area contributed by atoms with Crippen LogP contribution in [0.2, 0.25) is 0 Å². The molecule has 0 bridgehead atoms. The number of hydrogen-bond donors (Lipinski definition) is 1. The molecule has 0 atom stereocenters. The van der Waals surface area contributed by atoms with Crippen molar-refractivity contribution in [1.82, 2.24) is 0 Å². The largest absolute Gasteiger partial charge is 0.465 e. The van der Waals surface area contributed by atoms with Crippen LogP contribution in [0.3, 0.4) is 0 Å². The van der Waals surface area contributed by atoms with Crippen LogP contribution in [-0.4, -0.2) is 44.4 Å². The Kier molecular flexibility index (Phi) is 7.63. The number of carbonyl (C=O) groups is 1. The molecule has 1 aromatic carbocycles. The number of nitrogens with zero attached hydrogens (tertiary/aromatic N) is 1. The zero-order valence-corrected chi connectivity index (χ0v) is 14.5. The monoisotopic (exact) mass is 374 g/mol. The Labute approximate surface area is 138 Å². The van der Waals surface area contributed by atoms with E-state index in [0.717, 1.165) is 15.7 Å². The molecule has 0 aliphatic carbocycles. The summed E-state index contributed by atoms with van der Waals surface area (Å²) in [5, 5.41) is 0. The first-order chi connectivity index (χ1) is 9.99. The van der Waals surface area contributed by atoms with Gasteiger partial charge in [-0.05, 0) is 41.1 Å². The van der Waals surface area contributed by atoms with E-state index < -0.39 is 0 Å². The van der Waals surface area contributed by atoms with E-state index in [1.807, 2.05) is 23.1 Å². The second-order valence-electron chi connectivity index (χ2n) is 4.25. The molecule has 7 heteroatoms. The summed E-state index contributed by atoms with van der Waals surface area (Å²) in [7, 11) is 1.62. The van der Waals surface area contributed by atoms with Crippen LogP contribution < -0.4 is 10.6 Å². The number of anilines is 1. The number of ether oxygens (including phenoxy) is 2. The summed E-state index contributed by atoms with van der Waals surface area (Å²) in [5.74, 6) is -0.275. The second kappa shape index (κ2) is 8.96. The average Bonchev–Trinajstić information content (AvgIpc) is 2.43. The number of thiocarbonyl (C=S) groups is 1. The third kappa shape index (κ3) is 5.61. The number of rotatable bonds is 8. The van der Waals surface area contributed by atoms with Crippen molar-refractivity contribution in [2.45, 2.75) is 6.92 Å². The fourth-order valence-electron chi connectivity index (χ4n) is 1.76. The van der Waals surface area contributed by atoms with Crippen molar-refractivity contribution < 1.29 is 14.3 Å². The highest BCUT2D eigenvalue weighted by Gasteiger charge is 2.14. The summed E-state index contributed by atoms with van der Waals surface area (Å²) in [5.41, 5.74) is 7.26. The molecule has 0 aliphatic rings. The topological polar surface area (TPSA) is 64.8 Å². The van der Waals surface area contributed by atoms with Crippen LogP contribution in [0.25, 0.3) is 0 Å². The van der Waals surface area contributed by atoms with Crippen LogP contribution in [0, 0.1) is 0 Å². The number of halogens is 1. The molecule has 5 nitrogen and oxygen atoms in total. The van der Waals surface area contributed by atoms with Crippen LogP contribution in [0.15, 0.2) is 22.7 Å². The summed E-state index contributed by atoms with van der Waals surface area (Å²) in [6.45, 7) is 3.39. The third-order valence-electron chi connectivity index (χ3n) is 2.77. The minimum Gasteiger partial charge on any atom is -0.465 e. The maximum Gasteiger partial charge on any atom is 0.325 e. The standard InChI is InChI=1S/C14H19BrN2O3S/c1-3-20-13(18)9-17(6-7-19-2)10-4-5-11(14(16)21)12(15)8-10/h4-5,8H,3,6-7,9H2,1-2H3,(H2,16,21). The van der Waals surface area contributed by atoms with Gasteiger partial charge in [-0.25, -0.2) is 0 Å². The fourth-order valence-corrected chi connectivity index (χ4v) is 2.65. The Hall–Kier alpha value is -1.18. The van der Waals surface area contributed by atoms with E-state index in [0.29, 0.717) is 24.7 Å². The lowest BCUT2D eigenvalue weighted by atomic mass is 10.2. The Bertz CT molecular complexity index is 511. The van der Waals surface area contributed by atoms with Crippen molar-refractivity contribution in [1.29, 1.82) is 0 Å². The first-order valence-electron chi connectivity index (χ1n) is 6.48. The van der Waals surface area contributed by atoms with Gasteiger partial charge in [0.05, 0.1) is 13.2 Å². The van der Waals surface area contributed by atoms with Crippen molar-refractivity contribution in [2.24, 2.45) is 5.73 Å². The molecule has 0 aromatic heterocycles. The molecule has 116 valence electrons. The highest BCUT2D eigenvalue weighted by Crippen LogP contribution is 2.24. The van der Waals surface area contributed by atoms with Gasteiger partial charge in [0.2, 0.25) is 0 Å². The van der Waals surface area contributed by atoms with Gasteiger partial charge >= 0.3 is 5.97 Å². The van der Waals surface area contributed by atoms with Gasteiger partial charge in [0.25, 0.3) is 0 Å².